The number of fused-ring (bicyclic) bond motifs is 2. The number of aromatic nitrogens is 2. The van der Waals surface area contributed by atoms with Gasteiger partial charge in [0.05, 0.1) is 23.4 Å². The van der Waals surface area contributed by atoms with E-state index in [1.807, 2.05) is 30.3 Å². The fraction of sp³-hybridized carbons (Fsp3) is 0.0417. The molecule has 0 spiro atoms. The molecule has 5 aromatic rings. The van der Waals surface area contributed by atoms with Crippen molar-refractivity contribution in [2.45, 2.75) is 0 Å². The Balaban J connectivity index is 1.50. The van der Waals surface area contributed by atoms with Crippen molar-refractivity contribution >= 4 is 45.2 Å². The molecule has 5 rings (SSSR count). The minimum Gasteiger partial charge on any atom is -0.496 e. The van der Waals surface area contributed by atoms with Gasteiger partial charge in [-0.2, -0.15) is 4.98 Å². The largest absolute Gasteiger partial charge is 0.496 e. The molecule has 0 saturated heterocycles. The number of anilines is 1. The Hall–Kier alpha value is -3.90. The number of oxazole rings is 1. The minimum absolute atomic E-state index is 0.333. The number of nitrogens with zero attached hydrogens (tertiary/aromatic N) is 2. The lowest BCUT2D eigenvalue weighted by atomic mass is 10.1. The van der Waals surface area contributed by atoms with E-state index in [-0.39, 0.29) is 5.91 Å². The second kappa shape index (κ2) is 7.74. The number of pyridine rings is 1. The molecule has 1 N–H and O–H groups in total. The van der Waals surface area contributed by atoms with Crippen LogP contribution < -0.4 is 10.1 Å². The molecule has 152 valence electrons. The van der Waals surface area contributed by atoms with Gasteiger partial charge in [0.25, 0.3) is 5.91 Å². The van der Waals surface area contributed by atoms with Gasteiger partial charge in [-0.3, -0.25) is 4.79 Å². The van der Waals surface area contributed by atoms with Gasteiger partial charge in [0, 0.05) is 11.8 Å². The number of carbonyl (C=O) groups is 1. The van der Waals surface area contributed by atoms with Crippen molar-refractivity contribution in [3.8, 4) is 17.2 Å². The van der Waals surface area contributed by atoms with Crippen LogP contribution in [-0.2, 0) is 0 Å². The van der Waals surface area contributed by atoms with Gasteiger partial charge in [-0.1, -0.05) is 35.9 Å². The molecular weight excluding hydrogens is 414 g/mol. The van der Waals surface area contributed by atoms with Crippen LogP contribution in [0, 0.1) is 0 Å². The zero-order chi connectivity index (χ0) is 21.4. The molecule has 0 atom stereocenters. The van der Waals surface area contributed by atoms with Gasteiger partial charge in [-0.25, -0.2) is 4.98 Å². The number of hydrogen-bond donors (Lipinski definition) is 1. The lowest BCUT2D eigenvalue weighted by molar-refractivity contribution is 0.102. The Morgan fingerprint density at radius 3 is 2.61 bits per heavy atom. The summed E-state index contributed by atoms with van der Waals surface area (Å²) in [6.07, 6.45) is 1.65. The van der Waals surface area contributed by atoms with E-state index in [2.05, 4.69) is 15.3 Å². The van der Waals surface area contributed by atoms with Crippen LogP contribution in [0.1, 0.15) is 10.4 Å². The summed E-state index contributed by atoms with van der Waals surface area (Å²) in [5.74, 6) is 0.540. The van der Waals surface area contributed by atoms with Crippen molar-refractivity contribution in [3.63, 3.8) is 0 Å². The van der Waals surface area contributed by atoms with Crippen LogP contribution in [0.2, 0.25) is 5.02 Å². The van der Waals surface area contributed by atoms with Crippen LogP contribution in [0.5, 0.6) is 5.75 Å². The molecule has 0 unspecified atom stereocenters. The Morgan fingerprint density at radius 1 is 1.03 bits per heavy atom. The maximum absolute atomic E-state index is 13.1. The number of nitrogens with one attached hydrogen (secondary N) is 1. The Morgan fingerprint density at radius 2 is 1.84 bits per heavy atom. The van der Waals surface area contributed by atoms with Crippen molar-refractivity contribution in [1.29, 1.82) is 0 Å². The van der Waals surface area contributed by atoms with Crippen LogP contribution >= 0.6 is 11.6 Å². The Bertz CT molecular complexity index is 1410. The topological polar surface area (TPSA) is 77.2 Å². The normalized spacial score (nSPS) is 11.0. The molecule has 0 aliphatic carbocycles. The molecule has 0 aliphatic heterocycles. The van der Waals surface area contributed by atoms with Crippen molar-refractivity contribution < 1.29 is 13.9 Å². The summed E-state index contributed by atoms with van der Waals surface area (Å²) < 4.78 is 11.2. The second-order valence-electron chi connectivity index (χ2n) is 6.89. The molecule has 2 heterocycles. The number of amides is 1. The van der Waals surface area contributed by atoms with E-state index in [0.717, 1.165) is 10.8 Å². The third kappa shape index (κ3) is 3.58. The van der Waals surface area contributed by atoms with Crippen LogP contribution in [-0.4, -0.2) is 23.0 Å². The number of carbonyl (C=O) groups excluding carboxylic acids is 1. The van der Waals surface area contributed by atoms with Gasteiger partial charge >= 0.3 is 0 Å². The van der Waals surface area contributed by atoms with Crippen LogP contribution in [0.3, 0.4) is 0 Å². The second-order valence-corrected chi connectivity index (χ2v) is 7.30. The lowest BCUT2D eigenvalue weighted by Crippen LogP contribution is -2.13. The first-order chi connectivity index (χ1) is 15.1. The SMILES string of the molecule is COc1cc2ccccc2cc1C(=O)Nc1cc(-c2nc3ncccc3o2)ccc1Cl. The molecule has 1 amide bonds. The zero-order valence-corrected chi connectivity index (χ0v) is 17.2. The summed E-state index contributed by atoms with van der Waals surface area (Å²) in [5, 5.41) is 5.19. The van der Waals surface area contributed by atoms with E-state index in [9.17, 15) is 4.79 Å². The number of halogens is 1. The van der Waals surface area contributed by atoms with E-state index in [1.165, 1.54) is 7.11 Å². The first-order valence-electron chi connectivity index (χ1n) is 9.52. The number of hydrogen-bond acceptors (Lipinski definition) is 5. The molecule has 7 heteroatoms. The fourth-order valence-electron chi connectivity index (χ4n) is 3.40. The smallest absolute Gasteiger partial charge is 0.259 e. The van der Waals surface area contributed by atoms with E-state index in [0.29, 0.717) is 44.7 Å². The highest BCUT2D eigenvalue weighted by molar-refractivity contribution is 6.34. The number of benzene rings is 3. The first-order valence-corrected chi connectivity index (χ1v) is 9.90. The van der Waals surface area contributed by atoms with Gasteiger partial charge in [0.15, 0.2) is 11.2 Å². The molecule has 2 aromatic heterocycles. The third-order valence-corrected chi connectivity index (χ3v) is 5.27. The Kier molecular flexibility index (Phi) is 4.76. The van der Waals surface area contributed by atoms with Crippen LogP contribution in [0.15, 0.2) is 77.3 Å². The van der Waals surface area contributed by atoms with Gasteiger partial charge in [0.2, 0.25) is 5.89 Å². The maximum Gasteiger partial charge on any atom is 0.259 e. The summed E-state index contributed by atoms with van der Waals surface area (Å²) in [5.41, 5.74) is 2.62. The molecule has 31 heavy (non-hydrogen) atoms. The molecule has 0 fully saturated rings. The summed E-state index contributed by atoms with van der Waals surface area (Å²) in [7, 11) is 1.54. The maximum atomic E-state index is 13.1. The molecular formula is C24H16ClN3O3. The summed E-state index contributed by atoms with van der Waals surface area (Å²) in [4.78, 5) is 21.7. The Labute approximate surface area is 182 Å². The van der Waals surface area contributed by atoms with Gasteiger partial charge in [0.1, 0.15) is 5.75 Å². The van der Waals surface area contributed by atoms with E-state index < -0.39 is 0 Å². The van der Waals surface area contributed by atoms with Crippen LogP contribution in [0.25, 0.3) is 33.5 Å². The first kappa shape index (κ1) is 19.1. The predicted molar refractivity (Wildman–Crippen MR) is 121 cm³/mol. The van der Waals surface area contributed by atoms with E-state index >= 15 is 0 Å². The van der Waals surface area contributed by atoms with E-state index in [4.69, 9.17) is 20.8 Å². The molecule has 0 aliphatic rings. The minimum atomic E-state index is -0.333. The average molecular weight is 430 g/mol. The standard InChI is InChI=1S/C24H16ClN3O3/c1-30-21-13-15-6-3-2-5-14(15)11-17(21)23(29)27-19-12-16(8-9-18(19)25)24-28-22-20(31-24)7-4-10-26-22/h2-13H,1H3,(H,27,29). The van der Waals surface area contributed by atoms with Gasteiger partial charge < -0.3 is 14.5 Å². The van der Waals surface area contributed by atoms with E-state index in [1.54, 1.807) is 42.6 Å². The lowest BCUT2D eigenvalue weighted by Gasteiger charge is -2.12. The number of rotatable bonds is 4. The summed E-state index contributed by atoms with van der Waals surface area (Å²) in [6, 6.07) is 20.2. The fourth-order valence-corrected chi connectivity index (χ4v) is 3.57. The van der Waals surface area contributed by atoms with Crippen molar-refractivity contribution in [2.75, 3.05) is 12.4 Å². The highest BCUT2D eigenvalue weighted by Crippen LogP contribution is 2.32. The highest BCUT2D eigenvalue weighted by Gasteiger charge is 2.17. The van der Waals surface area contributed by atoms with Gasteiger partial charge in [-0.15, -0.1) is 0 Å². The number of methoxy groups -OCH3 is 1. The number of ether oxygens (including phenoxy) is 1. The quantitative estimate of drug-likeness (QED) is 0.381. The molecule has 0 saturated carbocycles. The summed E-state index contributed by atoms with van der Waals surface area (Å²) in [6.45, 7) is 0. The third-order valence-electron chi connectivity index (χ3n) is 4.94. The monoisotopic (exact) mass is 429 g/mol. The molecule has 6 nitrogen and oxygen atoms in total. The van der Waals surface area contributed by atoms with Gasteiger partial charge in [-0.05, 0) is 53.2 Å². The van der Waals surface area contributed by atoms with Crippen molar-refractivity contribution in [2.24, 2.45) is 0 Å². The highest BCUT2D eigenvalue weighted by atomic mass is 35.5. The van der Waals surface area contributed by atoms with Crippen molar-refractivity contribution in [1.82, 2.24) is 9.97 Å². The predicted octanol–water partition coefficient (Wildman–Crippen LogP) is 5.96. The van der Waals surface area contributed by atoms with Crippen LogP contribution in [0.4, 0.5) is 5.69 Å². The molecule has 0 radical (unpaired) electrons. The zero-order valence-electron chi connectivity index (χ0n) is 16.4. The van der Waals surface area contributed by atoms with Crippen molar-refractivity contribution in [3.05, 3.63) is 83.5 Å². The molecule has 3 aromatic carbocycles. The summed E-state index contributed by atoms with van der Waals surface area (Å²) >= 11 is 6.35. The average Bonchev–Trinajstić information content (AvgIpc) is 3.24. The molecule has 0 bridgehead atoms.